The summed E-state index contributed by atoms with van der Waals surface area (Å²) in [5.74, 6) is -4.19. The summed E-state index contributed by atoms with van der Waals surface area (Å²) in [5, 5.41) is 35.5. The summed E-state index contributed by atoms with van der Waals surface area (Å²) in [7, 11) is 0. The minimum atomic E-state index is -5.08. The quantitative estimate of drug-likeness (QED) is 0.138. The average molecular weight is 557 g/mol. The second kappa shape index (κ2) is 16.2. The number of benzene rings is 1. The third-order valence-electron chi connectivity index (χ3n) is 4.71. The second-order valence-electron chi connectivity index (χ2n) is 7.71. The number of para-hydroxylation sites is 1. The number of nitrogens with zero attached hydrogens (tertiary/aromatic N) is 2. The summed E-state index contributed by atoms with van der Waals surface area (Å²) in [6.45, 7) is 0.291. The van der Waals surface area contributed by atoms with E-state index in [4.69, 9.17) is 15.0 Å². The van der Waals surface area contributed by atoms with E-state index in [1.807, 2.05) is 18.2 Å². The van der Waals surface area contributed by atoms with Crippen LogP contribution in [0.5, 0.6) is 0 Å². The van der Waals surface area contributed by atoms with Crippen LogP contribution in [0.1, 0.15) is 37.3 Å². The molecule has 2 rings (SSSR count). The molecule has 0 aliphatic heterocycles. The van der Waals surface area contributed by atoms with E-state index in [0.717, 1.165) is 12.2 Å². The monoisotopic (exact) mass is 557 g/mol. The summed E-state index contributed by atoms with van der Waals surface area (Å²) in [6.07, 6.45) is -2.38. The molecule has 1 aromatic heterocycles. The van der Waals surface area contributed by atoms with E-state index in [9.17, 15) is 37.7 Å². The van der Waals surface area contributed by atoms with Crippen LogP contribution in [0.25, 0.3) is 0 Å². The van der Waals surface area contributed by atoms with Crippen LogP contribution in [-0.4, -0.2) is 63.1 Å². The Bertz CT molecular complexity index is 1130. The summed E-state index contributed by atoms with van der Waals surface area (Å²) in [5.41, 5.74) is -0.206. The van der Waals surface area contributed by atoms with Gasteiger partial charge in [-0.25, -0.2) is 9.78 Å². The smallest absolute Gasteiger partial charge is 0.481 e. The number of pyridine rings is 1. The molecule has 1 atom stereocenters. The number of unbranched alkanes of at least 4 members (excludes halogenated alkanes) is 1. The number of carboxylic acids is 2. The predicted octanol–water partition coefficient (Wildman–Crippen LogP) is 2.65. The molecule has 0 saturated heterocycles. The number of hydrogen-bond donors (Lipinski definition) is 5. The molecule has 1 unspecified atom stereocenters. The molecular formula is C23H26F3N5O8. The lowest BCUT2D eigenvalue weighted by Crippen LogP contribution is -2.39. The Hall–Kier alpha value is -4.76. The Balaban J connectivity index is 0.000000956. The number of rotatable bonds is 13. The Labute approximate surface area is 219 Å². The number of halogens is 3. The Kier molecular flexibility index (Phi) is 13.4. The van der Waals surface area contributed by atoms with E-state index in [2.05, 4.69) is 20.9 Å². The molecule has 0 saturated carbocycles. The second-order valence-corrected chi connectivity index (χ2v) is 7.71. The van der Waals surface area contributed by atoms with E-state index in [1.54, 1.807) is 6.20 Å². The van der Waals surface area contributed by atoms with Crippen LogP contribution in [-0.2, 0) is 19.2 Å². The number of anilines is 1. The number of nitrogens with one attached hydrogen (secondary N) is 3. The SMILES string of the molecule is O=C(O)C(F)(F)F.O=C(O)CC(NC(=O)CNC(=O)CCCCNc1ccccn1)c1ccccc1[N+](=O)[O-]. The highest BCUT2D eigenvalue weighted by atomic mass is 19.4. The fourth-order valence-corrected chi connectivity index (χ4v) is 2.97. The van der Waals surface area contributed by atoms with Gasteiger partial charge in [-0.1, -0.05) is 24.3 Å². The van der Waals surface area contributed by atoms with Crippen LogP contribution in [0.2, 0.25) is 0 Å². The van der Waals surface area contributed by atoms with Gasteiger partial charge < -0.3 is 26.2 Å². The highest BCUT2D eigenvalue weighted by molar-refractivity contribution is 5.85. The van der Waals surface area contributed by atoms with Crippen molar-refractivity contribution in [3.05, 3.63) is 64.3 Å². The van der Waals surface area contributed by atoms with E-state index in [1.165, 1.54) is 24.3 Å². The van der Waals surface area contributed by atoms with Crippen molar-refractivity contribution in [3.63, 3.8) is 0 Å². The number of hydrogen-bond acceptors (Lipinski definition) is 8. The van der Waals surface area contributed by atoms with E-state index in [-0.39, 0.29) is 30.1 Å². The summed E-state index contributed by atoms with van der Waals surface area (Å²) in [6, 6.07) is 10.0. The Morgan fingerprint density at radius 3 is 2.21 bits per heavy atom. The van der Waals surface area contributed by atoms with Crippen molar-refractivity contribution in [1.82, 2.24) is 15.6 Å². The minimum absolute atomic E-state index is 0.0833. The van der Waals surface area contributed by atoms with Gasteiger partial charge in [0.2, 0.25) is 11.8 Å². The molecule has 2 amide bonds. The maximum Gasteiger partial charge on any atom is 0.490 e. The topological polar surface area (TPSA) is 201 Å². The molecule has 1 heterocycles. The van der Waals surface area contributed by atoms with Gasteiger partial charge in [-0.2, -0.15) is 13.2 Å². The van der Waals surface area contributed by atoms with Gasteiger partial charge >= 0.3 is 18.1 Å². The molecule has 39 heavy (non-hydrogen) atoms. The molecule has 0 aliphatic rings. The Morgan fingerprint density at radius 2 is 1.64 bits per heavy atom. The normalized spacial score (nSPS) is 11.3. The number of nitro groups is 1. The number of carboxylic acid groups (broad SMARTS) is 2. The predicted molar refractivity (Wildman–Crippen MR) is 130 cm³/mol. The summed E-state index contributed by atoms with van der Waals surface area (Å²) >= 11 is 0. The van der Waals surface area contributed by atoms with E-state index >= 15 is 0 Å². The van der Waals surface area contributed by atoms with Gasteiger partial charge in [-0.05, 0) is 25.0 Å². The van der Waals surface area contributed by atoms with Crippen molar-refractivity contribution in [2.45, 2.75) is 37.9 Å². The molecule has 0 aliphatic carbocycles. The van der Waals surface area contributed by atoms with Crippen LogP contribution in [0.4, 0.5) is 24.7 Å². The first kappa shape index (κ1) is 32.3. The maximum atomic E-state index is 12.2. The van der Waals surface area contributed by atoms with Crippen molar-refractivity contribution in [2.75, 3.05) is 18.4 Å². The van der Waals surface area contributed by atoms with Crippen molar-refractivity contribution in [2.24, 2.45) is 0 Å². The third-order valence-corrected chi connectivity index (χ3v) is 4.71. The number of nitro benzene ring substituents is 1. The average Bonchev–Trinajstić information content (AvgIpc) is 2.87. The van der Waals surface area contributed by atoms with Gasteiger partial charge in [0.25, 0.3) is 5.69 Å². The van der Waals surface area contributed by atoms with Crippen LogP contribution < -0.4 is 16.0 Å². The van der Waals surface area contributed by atoms with Crippen LogP contribution in [0.15, 0.2) is 48.7 Å². The standard InChI is InChI=1S/C21H25N5O6.C2HF3O2/c27-19(10-4-6-12-23-18-9-3-5-11-22-18)24-14-20(28)25-16(13-21(29)30)15-7-1-2-8-17(15)26(31)32;3-2(4,5)1(6)7/h1-3,5,7-9,11,16H,4,6,10,12-14H2,(H,22,23)(H,24,27)(H,25,28)(H,29,30);(H,6,7). The first-order valence-corrected chi connectivity index (χ1v) is 11.3. The van der Waals surface area contributed by atoms with Gasteiger partial charge in [0.1, 0.15) is 5.82 Å². The largest absolute Gasteiger partial charge is 0.490 e. The highest BCUT2D eigenvalue weighted by Crippen LogP contribution is 2.27. The lowest BCUT2D eigenvalue weighted by atomic mass is 10.0. The van der Waals surface area contributed by atoms with Crippen molar-refractivity contribution < 1.29 is 47.5 Å². The molecule has 0 fully saturated rings. The van der Waals surface area contributed by atoms with Crippen LogP contribution in [0, 0.1) is 10.1 Å². The Morgan fingerprint density at radius 1 is 1.00 bits per heavy atom. The molecular weight excluding hydrogens is 531 g/mol. The highest BCUT2D eigenvalue weighted by Gasteiger charge is 2.38. The number of aromatic nitrogens is 1. The van der Waals surface area contributed by atoms with Crippen molar-refractivity contribution >= 4 is 35.3 Å². The molecule has 212 valence electrons. The lowest BCUT2D eigenvalue weighted by Gasteiger charge is -2.17. The van der Waals surface area contributed by atoms with Gasteiger partial charge in [0, 0.05) is 25.2 Å². The van der Waals surface area contributed by atoms with Crippen molar-refractivity contribution in [3.8, 4) is 0 Å². The molecule has 13 nitrogen and oxygen atoms in total. The number of aliphatic carboxylic acids is 2. The fraction of sp³-hybridized carbons (Fsp3) is 0.348. The van der Waals surface area contributed by atoms with Crippen LogP contribution >= 0.6 is 0 Å². The molecule has 5 N–H and O–H groups in total. The molecule has 0 bridgehead atoms. The van der Waals surface area contributed by atoms with Crippen molar-refractivity contribution in [1.29, 1.82) is 0 Å². The first-order chi connectivity index (χ1) is 18.3. The van der Waals surface area contributed by atoms with E-state index in [0.29, 0.717) is 13.0 Å². The van der Waals surface area contributed by atoms with Gasteiger partial charge in [-0.3, -0.25) is 24.5 Å². The van der Waals surface area contributed by atoms with Gasteiger partial charge in [-0.15, -0.1) is 0 Å². The molecule has 0 spiro atoms. The third kappa shape index (κ3) is 13.4. The number of carbonyl (C=O) groups excluding carboxylic acids is 2. The number of carbonyl (C=O) groups is 4. The zero-order valence-electron chi connectivity index (χ0n) is 20.3. The first-order valence-electron chi connectivity index (χ1n) is 11.3. The summed E-state index contributed by atoms with van der Waals surface area (Å²) in [4.78, 5) is 59.0. The number of amides is 2. The lowest BCUT2D eigenvalue weighted by molar-refractivity contribution is -0.385. The van der Waals surface area contributed by atoms with Gasteiger partial charge in [0.15, 0.2) is 0 Å². The molecule has 1 aromatic carbocycles. The van der Waals surface area contributed by atoms with Gasteiger partial charge in [0.05, 0.1) is 29.5 Å². The minimum Gasteiger partial charge on any atom is -0.481 e. The molecule has 2 aromatic rings. The maximum absolute atomic E-state index is 12.2. The van der Waals surface area contributed by atoms with E-state index < -0.39 is 41.4 Å². The summed E-state index contributed by atoms with van der Waals surface area (Å²) < 4.78 is 31.7. The molecule has 16 heteroatoms. The van der Waals surface area contributed by atoms with Crippen LogP contribution in [0.3, 0.4) is 0 Å². The number of alkyl halides is 3. The zero-order chi connectivity index (χ0) is 29.4. The fourth-order valence-electron chi connectivity index (χ4n) is 2.97. The zero-order valence-corrected chi connectivity index (χ0v) is 20.3. The molecule has 0 radical (unpaired) electrons.